The van der Waals surface area contributed by atoms with Crippen LogP contribution in [0.3, 0.4) is 0 Å². The highest BCUT2D eigenvalue weighted by Crippen LogP contribution is 2.22. The number of nitrogens with zero attached hydrogens (tertiary/aromatic N) is 1. The quantitative estimate of drug-likeness (QED) is 0.929. The molecule has 1 aromatic carbocycles. The number of nitriles is 1. The number of alkyl halides is 3. The third-order valence-corrected chi connectivity index (χ3v) is 4.11. The lowest BCUT2D eigenvalue weighted by atomic mass is 10.1. The molecule has 0 aliphatic rings. The summed E-state index contributed by atoms with van der Waals surface area (Å²) < 4.78 is 62.3. The van der Waals surface area contributed by atoms with Gasteiger partial charge in [-0.15, -0.1) is 0 Å². The van der Waals surface area contributed by atoms with Crippen molar-refractivity contribution in [3.05, 3.63) is 29.3 Å². The lowest BCUT2D eigenvalue weighted by molar-refractivity contribution is -0.137. The molecular weight excluding hydrogens is 293 g/mol. The average Bonchev–Trinajstić information content (AvgIpc) is 2.25. The molecule has 0 aliphatic heterocycles. The van der Waals surface area contributed by atoms with Gasteiger partial charge in [0.1, 0.15) is 0 Å². The minimum absolute atomic E-state index is 0.164. The highest BCUT2D eigenvalue weighted by molar-refractivity contribution is 7.89. The molecule has 8 heteroatoms. The maximum atomic E-state index is 12.2. The lowest BCUT2D eigenvalue weighted by Gasteiger charge is -2.16. The van der Waals surface area contributed by atoms with Crippen molar-refractivity contribution in [1.29, 1.82) is 5.26 Å². The van der Waals surface area contributed by atoms with Crippen molar-refractivity contribution in [2.45, 2.75) is 37.4 Å². The zero-order chi connectivity index (χ0) is 15.6. The van der Waals surface area contributed by atoms with Crippen LogP contribution >= 0.6 is 0 Å². The van der Waals surface area contributed by atoms with Crippen LogP contribution in [0.25, 0.3) is 0 Å². The maximum absolute atomic E-state index is 12.2. The van der Waals surface area contributed by atoms with Crippen molar-refractivity contribution in [3.8, 4) is 6.07 Å². The van der Waals surface area contributed by atoms with Gasteiger partial charge in [-0.3, -0.25) is 0 Å². The van der Waals surface area contributed by atoms with Crippen LogP contribution in [0.1, 0.15) is 24.5 Å². The van der Waals surface area contributed by atoms with E-state index in [4.69, 9.17) is 5.26 Å². The fraction of sp³-hybridized carbons (Fsp3) is 0.417. The number of nitrogens with one attached hydrogen (secondary N) is 1. The SMILES string of the molecule is Cc1cc(S(=O)(=O)NC(C)CC(F)(F)F)ccc1C#N. The van der Waals surface area contributed by atoms with Crippen LogP contribution in [0.4, 0.5) is 13.2 Å². The largest absolute Gasteiger partial charge is 0.390 e. The number of hydrogen-bond acceptors (Lipinski definition) is 3. The van der Waals surface area contributed by atoms with Gasteiger partial charge in [0.05, 0.1) is 22.9 Å². The van der Waals surface area contributed by atoms with Gasteiger partial charge >= 0.3 is 6.18 Å². The van der Waals surface area contributed by atoms with Gasteiger partial charge in [0.15, 0.2) is 0 Å². The first-order chi connectivity index (χ1) is 9.05. The van der Waals surface area contributed by atoms with E-state index in [1.165, 1.54) is 18.2 Å². The summed E-state index contributed by atoms with van der Waals surface area (Å²) in [4.78, 5) is -0.164. The number of benzene rings is 1. The Balaban J connectivity index is 2.95. The lowest BCUT2D eigenvalue weighted by Crippen LogP contribution is -2.35. The Morgan fingerprint density at radius 2 is 2.00 bits per heavy atom. The maximum Gasteiger partial charge on any atom is 0.390 e. The number of aryl methyl sites for hydroxylation is 1. The highest BCUT2D eigenvalue weighted by Gasteiger charge is 2.32. The number of rotatable bonds is 4. The molecule has 110 valence electrons. The molecule has 0 saturated heterocycles. The van der Waals surface area contributed by atoms with Crippen molar-refractivity contribution in [1.82, 2.24) is 4.72 Å². The van der Waals surface area contributed by atoms with E-state index >= 15 is 0 Å². The molecule has 0 aliphatic carbocycles. The molecule has 0 heterocycles. The first-order valence-corrected chi connectivity index (χ1v) is 7.13. The van der Waals surface area contributed by atoms with E-state index in [-0.39, 0.29) is 4.90 Å². The van der Waals surface area contributed by atoms with Crippen LogP contribution < -0.4 is 4.72 Å². The van der Waals surface area contributed by atoms with Gasteiger partial charge in [-0.05, 0) is 37.6 Å². The molecule has 20 heavy (non-hydrogen) atoms. The van der Waals surface area contributed by atoms with Crippen molar-refractivity contribution in [3.63, 3.8) is 0 Å². The minimum atomic E-state index is -4.44. The van der Waals surface area contributed by atoms with Gasteiger partial charge in [-0.2, -0.15) is 18.4 Å². The van der Waals surface area contributed by atoms with Crippen LogP contribution in [0.5, 0.6) is 0 Å². The molecule has 1 N–H and O–H groups in total. The predicted octanol–water partition coefficient (Wildman–Crippen LogP) is 2.49. The summed E-state index contributed by atoms with van der Waals surface area (Å²) in [6, 6.07) is 4.37. The summed E-state index contributed by atoms with van der Waals surface area (Å²) in [5, 5.41) is 8.75. The summed E-state index contributed by atoms with van der Waals surface area (Å²) >= 11 is 0. The average molecular weight is 306 g/mol. The first kappa shape index (κ1) is 16.5. The molecule has 1 atom stereocenters. The molecule has 0 spiro atoms. The molecule has 1 aromatic rings. The number of hydrogen-bond donors (Lipinski definition) is 1. The van der Waals surface area contributed by atoms with Gasteiger partial charge in [0.2, 0.25) is 10.0 Å². The van der Waals surface area contributed by atoms with Crippen LogP contribution in [-0.4, -0.2) is 20.6 Å². The standard InChI is InChI=1S/C12H13F3N2O2S/c1-8-5-11(4-3-10(8)7-16)20(18,19)17-9(2)6-12(13,14)15/h3-5,9,17H,6H2,1-2H3. The topological polar surface area (TPSA) is 70.0 Å². The molecule has 1 rings (SSSR count). The molecule has 0 bridgehead atoms. The van der Waals surface area contributed by atoms with Crippen LogP contribution in [0.2, 0.25) is 0 Å². The second-order valence-corrected chi connectivity index (χ2v) is 6.14. The molecule has 0 fully saturated rings. The zero-order valence-electron chi connectivity index (χ0n) is 10.8. The normalized spacial score (nSPS) is 13.8. The van der Waals surface area contributed by atoms with Crippen molar-refractivity contribution in [2.75, 3.05) is 0 Å². The minimum Gasteiger partial charge on any atom is -0.208 e. The summed E-state index contributed by atoms with van der Waals surface area (Å²) in [6.07, 6.45) is -5.69. The third kappa shape index (κ3) is 4.51. The van der Waals surface area contributed by atoms with E-state index in [0.717, 1.165) is 6.92 Å². The van der Waals surface area contributed by atoms with E-state index in [2.05, 4.69) is 0 Å². The molecule has 0 saturated carbocycles. The van der Waals surface area contributed by atoms with Crippen LogP contribution in [0, 0.1) is 18.3 Å². The fourth-order valence-electron chi connectivity index (χ4n) is 1.65. The molecule has 0 amide bonds. The fourth-order valence-corrected chi connectivity index (χ4v) is 2.98. The first-order valence-electron chi connectivity index (χ1n) is 5.65. The Morgan fingerprint density at radius 1 is 1.40 bits per heavy atom. The molecule has 0 radical (unpaired) electrons. The second-order valence-electron chi connectivity index (χ2n) is 4.43. The number of halogens is 3. The van der Waals surface area contributed by atoms with Crippen molar-refractivity contribution < 1.29 is 21.6 Å². The predicted molar refractivity (Wildman–Crippen MR) is 66.3 cm³/mol. The Hall–Kier alpha value is -1.59. The van der Waals surface area contributed by atoms with E-state index in [0.29, 0.717) is 11.1 Å². The third-order valence-electron chi connectivity index (χ3n) is 2.52. The van der Waals surface area contributed by atoms with E-state index in [1.54, 1.807) is 6.92 Å². The number of sulfonamides is 1. The summed E-state index contributed by atoms with van der Waals surface area (Å²) in [7, 11) is -4.04. The van der Waals surface area contributed by atoms with Gasteiger partial charge in [-0.25, -0.2) is 13.1 Å². The monoisotopic (exact) mass is 306 g/mol. The van der Waals surface area contributed by atoms with Gasteiger partial charge < -0.3 is 0 Å². The van der Waals surface area contributed by atoms with Crippen LogP contribution in [0.15, 0.2) is 23.1 Å². The van der Waals surface area contributed by atoms with E-state index < -0.39 is 28.7 Å². The Bertz CT molecular complexity index is 633. The van der Waals surface area contributed by atoms with Gasteiger partial charge in [0.25, 0.3) is 0 Å². The highest BCUT2D eigenvalue weighted by atomic mass is 32.2. The molecular formula is C12H13F3N2O2S. The smallest absolute Gasteiger partial charge is 0.208 e. The molecule has 4 nitrogen and oxygen atoms in total. The summed E-state index contributed by atoms with van der Waals surface area (Å²) in [5.74, 6) is 0. The van der Waals surface area contributed by atoms with Gasteiger partial charge in [0, 0.05) is 6.04 Å². The van der Waals surface area contributed by atoms with Crippen molar-refractivity contribution in [2.24, 2.45) is 0 Å². The second kappa shape index (κ2) is 5.81. The van der Waals surface area contributed by atoms with Crippen LogP contribution in [-0.2, 0) is 10.0 Å². The molecule has 1 unspecified atom stereocenters. The van der Waals surface area contributed by atoms with Gasteiger partial charge in [-0.1, -0.05) is 0 Å². The zero-order valence-corrected chi connectivity index (χ0v) is 11.6. The Morgan fingerprint density at radius 3 is 2.45 bits per heavy atom. The van der Waals surface area contributed by atoms with Crippen molar-refractivity contribution >= 4 is 10.0 Å². The summed E-state index contributed by atoms with van der Waals surface area (Å²) in [6.45, 7) is 2.69. The summed E-state index contributed by atoms with van der Waals surface area (Å²) in [5.41, 5.74) is 0.756. The van der Waals surface area contributed by atoms with E-state index in [1.807, 2.05) is 10.8 Å². The Labute approximate surface area is 115 Å². The Kier molecular flexibility index (Phi) is 4.78. The molecule has 0 aromatic heterocycles. The van der Waals surface area contributed by atoms with E-state index in [9.17, 15) is 21.6 Å².